The molecule has 0 aliphatic heterocycles. The Hall–Kier alpha value is -1.79. The van der Waals surface area contributed by atoms with Crippen molar-refractivity contribution >= 4 is 11.6 Å². The van der Waals surface area contributed by atoms with Crippen LogP contribution in [0.3, 0.4) is 0 Å². The Bertz CT molecular complexity index is 472. The molecule has 1 aromatic heterocycles. The number of aryl methyl sites for hydroxylation is 1. The van der Waals surface area contributed by atoms with Crippen molar-refractivity contribution < 1.29 is 18.0 Å². The van der Waals surface area contributed by atoms with Gasteiger partial charge in [-0.2, -0.15) is 13.2 Å². The summed E-state index contributed by atoms with van der Waals surface area (Å²) in [5.74, 6) is -0.766. The lowest BCUT2D eigenvalue weighted by atomic mass is 10.1. The molecule has 0 saturated carbocycles. The van der Waals surface area contributed by atoms with Crippen LogP contribution in [0, 0.1) is 6.92 Å². The number of nitrogen functional groups attached to an aromatic ring is 1. The third-order valence-electron chi connectivity index (χ3n) is 2.54. The van der Waals surface area contributed by atoms with E-state index >= 15 is 0 Å². The van der Waals surface area contributed by atoms with Crippen LogP contribution >= 0.6 is 0 Å². The Morgan fingerprint density at radius 2 is 2.05 bits per heavy atom. The van der Waals surface area contributed by atoms with Crippen molar-refractivity contribution in [2.24, 2.45) is 0 Å². The summed E-state index contributed by atoms with van der Waals surface area (Å²) in [5, 5.41) is 0. The molecule has 0 fully saturated rings. The summed E-state index contributed by atoms with van der Waals surface area (Å²) in [6, 6.07) is 0.870. The molecule has 4 nitrogen and oxygen atoms in total. The molecule has 0 unspecified atom stereocenters. The van der Waals surface area contributed by atoms with Crippen LogP contribution in [0.5, 0.6) is 0 Å². The maximum atomic E-state index is 12.5. The summed E-state index contributed by atoms with van der Waals surface area (Å²) in [7, 11) is 0. The number of alkyl halides is 3. The SMILES string of the molecule is Cc1cc(N)c(C(=O)N(CC(F)(F)F)C(C)C)cn1. The van der Waals surface area contributed by atoms with E-state index in [2.05, 4.69) is 4.98 Å². The molecule has 1 rings (SSSR count). The molecular formula is C12H16F3N3O. The van der Waals surface area contributed by atoms with Crippen molar-refractivity contribution in [1.82, 2.24) is 9.88 Å². The number of hydrogen-bond acceptors (Lipinski definition) is 3. The highest BCUT2D eigenvalue weighted by molar-refractivity contribution is 5.99. The van der Waals surface area contributed by atoms with Crippen molar-refractivity contribution in [3.05, 3.63) is 23.5 Å². The van der Waals surface area contributed by atoms with Gasteiger partial charge in [0.1, 0.15) is 6.54 Å². The zero-order valence-corrected chi connectivity index (χ0v) is 11.0. The van der Waals surface area contributed by atoms with Crippen LogP contribution in [0.1, 0.15) is 29.9 Å². The Balaban J connectivity index is 3.06. The molecule has 7 heteroatoms. The minimum atomic E-state index is -4.45. The van der Waals surface area contributed by atoms with Gasteiger partial charge in [0.2, 0.25) is 0 Å². The highest BCUT2D eigenvalue weighted by atomic mass is 19.4. The van der Waals surface area contributed by atoms with E-state index in [4.69, 9.17) is 5.73 Å². The minimum Gasteiger partial charge on any atom is -0.398 e. The fraction of sp³-hybridized carbons (Fsp3) is 0.500. The van der Waals surface area contributed by atoms with E-state index in [9.17, 15) is 18.0 Å². The first-order chi connectivity index (χ1) is 8.61. The largest absolute Gasteiger partial charge is 0.406 e. The molecule has 0 bridgehead atoms. The van der Waals surface area contributed by atoms with Crippen LogP contribution in [0.4, 0.5) is 18.9 Å². The first-order valence-corrected chi connectivity index (χ1v) is 5.71. The van der Waals surface area contributed by atoms with Crippen molar-refractivity contribution in [1.29, 1.82) is 0 Å². The van der Waals surface area contributed by atoms with Crippen LogP contribution in [0.2, 0.25) is 0 Å². The monoisotopic (exact) mass is 275 g/mol. The van der Waals surface area contributed by atoms with Gasteiger partial charge in [-0.25, -0.2) is 0 Å². The number of aromatic nitrogens is 1. The van der Waals surface area contributed by atoms with Gasteiger partial charge in [0, 0.05) is 23.6 Å². The van der Waals surface area contributed by atoms with Gasteiger partial charge in [-0.3, -0.25) is 9.78 Å². The number of nitrogens with zero attached hydrogens (tertiary/aromatic N) is 2. The van der Waals surface area contributed by atoms with Crippen LogP contribution < -0.4 is 5.73 Å². The molecule has 1 aromatic rings. The smallest absolute Gasteiger partial charge is 0.398 e. The first kappa shape index (κ1) is 15.3. The van der Waals surface area contributed by atoms with Gasteiger partial charge >= 0.3 is 6.18 Å². The molecule has 1 heterocycles. The predicted molar refractivity (Wildman–Crippen MR) is 65.6 cm³/mol. The molecule has 0 aliphatic carbocycles. The predicted octanol–water partition coefficient (Wildman–Crippen LogP) is 2.39. The van der Waals surface area contributed by atoms with E-state index in [-0.39, 0.29) is 11.3 Å². The van der Waals surface area contributed by atoms with Crippen LogP contribution in [-0.2, 0) is 0 Å². The number of rotatable bonds is 3. The first-order valence-electron chi connectivity index (χ1n) is 5.71. The second-order valence-electron chi connectivity index (χ2n) is 4.55. The van der Waals surface area contributed by atoms with Crippen molar-refractivity contribution in [2.45, 2.75) is 33.0 Å². The highest BCUT2D eigenvalue weighted by Gasteiger charge is 2.35. The number of hydrogen-bond donors (Lipinski definition) is 1. The lowest BCUT2D eigenvalue weighted by Gasteiger charge is -2.28. The molecule has 2 N–H and O–H groups in total. The van der Waals surface area contributed by atoms with E-state index in [0.717, 1.165) is 4.90 Å². The molecule has 0 radical (unpaired) electrons. The quantitative estimate of drug-likeness (QED) is 0.921. The molecule has 0 spiro atoms. The summed E-state index contributed by atoms with van der Waals surface area (Å²) < 4.78 is 37.4. The standard InChI is InChI=1S/C12H16F3N3O/c1-7(2)18(6-12(13,14)15)11(19)9-5-17-8(3)4-10(9)16/h4-5,7H,6H2,1-3H3,(H2,16,17). The van der Waals surface area contributed by atoms with E-state index in [0.29, 0.717) is 5.69 Å². The van der Waals surface area contributed by atoms with Crippen LogP contribution in [0.25, 0.3) is 0 Å². The summed E-state index contributed by atoms with van der Waals surface area (Å²) in [6.45, 7) is 3.40. The summed E-state index contributed by atoms with van der Waals surface area (Å²) in [5.41, 5.74) is 6.37. The number of halogens is 3. The molecule has 0 aromatic carbocycles. The summed E-state index contributed by atoms with van der Waals surface area (Å²) in [6.07, 6.45) is -3.24. The normalized spacial score (nSPS) is 11.7. The number of carbonyl (C=O) groups is 1. The van der Waals surface area contributed by atoms with Gasteiger partial charge in [0.15, 0.2) is 0 Å². The van der Waals surface area contributed by atoms with E-state index in [1.54, 1.807) is 6.92 Å². The lowest BCUT2D eigenvalue weighted by molar-refractivity contribution is -0.143. The minimum absolute atomic E-state index is 0.0106. The lowest BCUT2D eigenvalue weighted by Crippen LogP contribution is -2.43. The third-order valence-corrected chi connectivity index (χ3v) is 2.54. The highest BCUT2D eigenvalue weighted by Crippen LogP contribution is 2.21. The maximum absolute atomic E-state index is 12.5. The molecule has 106 valence electrons. The number of nitrogens with two attached hydrogens (primary N) is 1. The molecule has 19 heavy (non-hydrogen) atoms. The van der Waals surface area contributed by atoms with E-state index in [1.165, 1.54) is 26.1 Å². The second-order valence-corrected chi connectivity index (χ2v) is 4.55. The molecular weight excluding hydrogens is 259 g/mol. The number of anilines is 1. The van der Waals surface area contributed by atoms with Crippen molar-refractivity contribution in [3.63, 3.8) is 0 Å². The Morgan fingerprint density at radius 3 is 2.47 bits per heavy atom. The topological polar surface area (TPSA) is 59.2 Å². The fourth-order valence-electron chi connectivity index (χ4n) is 1.60. The van der Waals surface area contributed by atoms with E-state index in [1.807, 2.05) is 0 Å². The molecule has 1 amide bonds. The average molecular weight is 275 g/mol. The van der Waals surface area contributed by atoms with Gasteiger partial charge in [-0.15, -0.1) is 0 Å². The molecule has 0 saturated heterocycles. The van der Waals surface area contributed by atoms with Crippen LogP contribution in [0.15, 0.2) is 12.3 Å². The van der Waals surface area contributed by atoms with Gasteiger partial charge < -0.3 is 10.6 Å². The van der Waals surface area contributed by atoms with Gasteiger partial charge in [-0.05, 0) is 26.8 Å². The maximum Gasteiger partial charge on any atom is 0.406 e. The van der Waals surface area contributed by atoms with Crippen LogP contribution in [-0.4, -0.2) is 34.6 Å². The van der Waals surface area contributed by atoms with Crippen molar-refractivity contribution in [3.8, 4) is 0 Å². The number of amides is 1. The zero-order chi connectivity index (χ0) is 14.8. The Kier molecular flexibility index (Phi) is 4.39. The fourth-order valence-corrected chi connectivity index (χ4v) is 1.60. The van der Waals surface area contributed by atoms with Gasteiger partial charge in [0.25, 0.3) is 5.91 Å². The third kappa shape index (κ3) is 4.11. The second kappa shape index (κ2) is 5.46. The molecule has 0 aliphatic rings. The van der Waals surface area contributed by atoms with Gasteiger partial charge in [-0.1, -0.05) is 0 Å². The Labute approximate surface area is 109 Å². The number of carbonyl (C=O) groups excluding carboxylic acids is 1. The summed E-state index contributed by atoms with van der Waals surface area (Å²) >= 11 is 0. The average Bonchev–Trinajstić information content (AvgIpc) is 2.23. The Morgan fingerprint density at radius 1 is 1.47 bits per heavy atom. The van der Waals surface area contributed by atoms with Crippen molar-refractivity contribution in [2.75, 3.05) is 12.3 Å². The van der Waals surface area contributed by atoms with E-state index < -0.39 is 24.7 Å². The van der Waals surface area contributed by atoms with Gasteiger partial charge in [0.05, 0.1) is 5.56 Å². The number of pyridine rings is 1. The zero-order valence-electron chi connectivity index (χ0n) is 11.0. The molecule has 0 atom stereocenters. The summed E-state index contributed by atoms with van der Waals surface area (Å²) in [4.78, 5) is 16.7.